The zero-order chi connectivity index (χ0) is 36.7. The van der Waals surface area contributed by atoms with Crippen molar-refractivity contribution >= 4 is 29.6 Å². The Labute approximate surface area is 295 Å². The Balaban J connectivity index is 1.76. The van der Waals surface area contributed by atoms with E-state index >= 15 is 0 Å². The molecule has 2 aromatic carbocycles. The van der Waals surface area contributed by atoms with E-state index in [2.05, 4.69) is 16.0 Å². The molecule has 3 rings (SSSR count). The van der Waals surface area contributed by atoms with E-state index in [1.807, 2.05) is 74.5 Å². The SMILES string of the molecule is COC(=O)C1(N)CCN(C(=O)[C@@H](CCCCN)NC(=O)[C@@H](CC(C)C)NC(=O)[C@@H](Cc2ccccc2)NC(=O)[C@H](N)Cc2ccccc2)CC1. The molecule has 50 heavy (non-hydrogen) atoms. The molecule has 13 nitrogen and oxygen atoms in total. The Kier molecular flexibility index (Phi) is 15.8. The van der Waals surface area contributed by atoms with E-state index in [0.717, 1.165) is 11.1 Å². The molecule has 1 aliphatic heterocycles. The number of amides is 4. The van der Waals surface area contributed by atoms with Crippen LogP contribution in [0.2, 0.25) is 0 Å². The number of carbonyl (C=O) groups excluding carboxylic acids is 5. The lowest BCUT2D eigenvalue weighted by molar-refractivity contribution is -0.151. The van der Waals surface area contributed by atoms with Crippen molar-refractivity contribution in [2.45, 2.75) is 94.9 Å². The maximum atomic E-state index is 13.9. The normalized spacial score (nSPS) is 16.4. The van der Waals surface area contributed by atoms with Crippen LogP contribution in [0.4, 0.5) is 0 Å². The second-order valence-corrected chi connectivity index (χ2v) is 13.6. The number of nitrogens with zero attached hydrogens (tertiary/aromatic N) is 1. The highest BCUT2D eigenvalue weighted by Gasteiger charge is 2.41. The van der Waals surface area contributed by atoms with Gasteiger partial charge in [0.25, 0.3) is 0 Å². The van der Waals surface area contributed by atoms with Gasteiger partial charge >= 0.3 is 5.97 Å². The number of hydrogen-bond acceptors (Lipinski definition) is 9. The number of carbonyl (C=O) groups is 5. The number of hydrogen-bond donors (Lipinski definition) is 6. The van der Waals surface area contributed by atoms with Crippen LogP contribution in [0, 0.1) is 5.92 Å². The minimum atomic E-state index is -1.17. The van der Waals surface area contributed by atoms with Crippen molar-refractivity contribution in [2.24, 2.45) is 23.1 Å². The number of piperidine rings is 1. The summed E-state index contributed by atoms with van der Waals surface area (Å²) in [6, 6.07) is 14.8. The van der Waals surface area contributed by atoms with Crippen LogP contribution in [-0.4, -0.2) is 90.9 Å². The first-order valence-corrected chi connectivity index (χ1v) is 17.5. The number of likely N-dealkylation sites (tertiary alicyclic amines) is 1. The van der Waals surface area contributed by atoms with Crippen LogP contribution in [0.25, 0.3) is 0 Å². The maximum Gasteiger partial charge on any atom is 0.325 e. The maximum absolute atomic E-state index is 13.9. The highest BCUT2D eigenvalue weighted by molar-refractivity contribution is 5.95. The second kappa shape index (κ2) is 19.8. The molecular formula is C37H55N7O6. The number of unbranched alkanes of at least 4 members (excludes halogenated alkanes) is 1. The molecule has 4 atom stereocenters. The quantitative estimate of drug-likeness (QED) is 0.0967. The number of ether oxygens (including phenoxy) is 1. The summed E-state index contributed by atoms with van der Waals surface area (Å²) in [5.74, 6) is -2.35. The lowest BCUT2D eigenvalue weighted by atomic mass is 9.88. The average molecular weight is 694 g/mol. The molecule has 0 spiro atoms. The van der Waals surface area contributed by atoms with E-state index in [-0.39, 0.29) is 50.6 Å². The molecule has 0 aromatic heterocycles. The van der Waals surface area contributed by atoms with Gasteiger partial charge in [0, 0.05) is 19.5 Å². The number of rotatable bonds is 18. The Morgan fingerprint density at radius 3 is 1.84 bits per heavy atom. The van der Waals surface area contributed by atoms with Gasteiger partial charge in [-0.15, -0.1) is 0 Å². The van der Waals surface area contributed by atoms with Crippen LogP contribution in [0.5, 0.6) is 0 Å². The van der Waals surface area contributed by atoms with E-state index in [1.54, 1.807) is 4.90 Å². The smallest absolute Gasteiger partial charge is 0.325 e. The van der Waals surface area contributed by atoms with Gasteiger partial charge in [0.1, 0.15) is 23.7 Å². The van der Waals surface area contributed by atoms with Crippen molar-refractivity contribution in [3.63, 3.8) is 0 Å². The number of benzene rings is 2. The monoisotopic (exact) mass is 693 g/mol. The molecule has 0 unspecified atom stereocenters. The first-order chi connectivity index (χ1) is 23.9. The molecule has 1 heterocycles. The summed E-state index contributed by atoms with van der Waals surface area (Å²) in [6.07, 6.45) is 2.81. The van der Waals surface area contributed by atoms with Gasteiger partial charge in [0.05, 0.1) is 13.2 Å². The third-order valence-electron chi connectivity index (χ3n) is 9.01. The molecule has 1 aliphatic rings. The number of nitrogens with two attached hydrogens (primary N) is 3. The molecular weight excluding hydrogens is 638 g/mol. The van der Waals surface area contributed by atoms with E-state index in [1.165, 1.54) is 7.11 Å². The number of methoxy groups -OCH3 is 1. The zero-order valence-corrected chi connectivity index (χ0v) is 29.6. The van der Waals surface area contributed by atoms with Crippen LogP contribution < -0.4 is 33.2 Å². The molecule has 274 valence electrons. The van der Waals surface area contributed by atoms with Crippen molar-refractivity contribution in [1.82, 2.24) is 20.9 Å². The fraction of sp³-hybridized carbons (Fsp3) is 0.541. The molecule has 1 saturated heterocycles. The third-order valence-corrected chi connectivity index (χ3v) is 9.01. The summed E-state index contributed by atoms with van der Waals surface area (Å²) in [7, 11) is 1.28. The van der Waals surface area contributed by atoms with Crippen LogP contribution in [-0.2, 0) is 41.6 Å². The van der Waals surface area contributed by atoms with Gasteiger partial charge < -0.3 is 42.8 Å². The Hall–Kier alpha value is -4.33. The number of esters is 1. The van der Waals surface area contributed by atoms with E-state index in [0.29, 0.717) is 32.2 Å². The molecule has 0 radical (unpaired) electrons. The molecule has 0 bridgehead atoms. The predicted molar refractivity (Wildman–Crippen MR) is 191 cm³/mol. The summed E-state index contributed by atoms with van der Waals surface area (Å²) in [4.78, 5) is 68.6. The van der Waals surface area contributed by atoms with Crippen molar-refractivity contribution in [2.75, 3.05) is 26.7 Å². The first kappa shape index (κ1) is 40.1. The Morgan fingerprint density at radius 2 is 1.30 bits per heavy atom. The molecule has 1 fully saturated rings. The number of nitrogens with one attached hydrogen (secondary N) is 3. The van der Waals surface area contributed by atoms with Gasteiger partial charge in [-0.05, 0) is 68.5 Å². The van der Waals surface area contributed by atoms with Gasteiger partial charge in [0.2, 0.25) is 23.6 Å². The Morgan fingerprint density at radius 1 is 0.780 bits per heavy atom. The van der Waals surface area contributed by atoms with Gasteiger partial charge in [-0.25, -0.2) is 0 Å². The van der Waals surface area contributed by atoms with Crippen molar-refractivity contribution in [3.05, 3.63) is 71.8 Å². The largest absolute Gasteiger partial charge is 0.468 e. The predicted octanol–water partition coefficient (Wildman–Crippen LogP) is 0.922. The summed E-state index contributed by atoms with van der Waals surface area (Å²) >= 11 is 0. The molecule has 4 amide bonds. The van der Waals surface area contributed by atoms with E-state index in [9.17, 15) is 24.0 Å². The summed E-state index contributed by atoms with van der Waals surface area (Å²) in [5, 5.41) is 8.58. The van der Waals surface area contributed by atoms with Gasteiger partial charge in [-0.2, -0.15) is 0 Å². The van der Waals surface area contributed by atoms with Crippen LogP contribution in [0.3, 0.4) is 0 Å². The lowest BCUT2D eigenvalue weighted by Crippen LogP contribution is -2.61. The fourth-order valence-corrected chi connectivity index (χ4v) is 6.05. The lowest BCUT2D eigenvalue weighted by Gasteiger charge is -2.38. The standard InChI is InChI=1S/C37H55N7O6/c1-25(2)22-30(33(46)41-29(16-10-11-19-38)35(48)44-20-17-37(40,18-21-44)36(49)50-3)43-34(47)31(24-27-14-8-5-9-15-27)42-32(45)28(39)23-26-12-6-4-7-13-26/h4-9,12-15,25,28-31H,10-11,16-24,38-40H2,1-3H3,(H,41,46)(H,42,45)(H,43,47)/t28-,29-,30-,31-/m1/s1. The molecule has 0 saturated carbocycles. The van der Waals surface area contributed by atoms with Gasteiger partial charge in [-0.1, -0.05) is 74.5 Å². The molecule has 0 aliphatic carbocycles. The Bertz CT molecular complexity index is 1400. The highest BCUT2D eigenvalue weighted by atomic mass is 16.5. The first-order valence-electron chi connectivity index (χ1n) is 17.5. The van der Waals surface area contributed by atoms with Crippen LogP contribution in [0.15, 0.2) is 60.7 Å². The van der Waals surface area contributed by atoms with Crippen LogP contribution >= 0.6 is 0 Å². The van der Waals surface area contributed by atoms with Gasteiger partial charge in [0.15, 0.2) is 0 Å². The summed E-state index contributed by atoms with van der Waals surface area (Å²) in [5.41, 5.74) is 18.7. The second-order valence-electron chi connectivity index (χ2n) is 13.6. The summed E-state index contributed by atoms with van der Waals surface area (Å²) in [6.45, 7) is 4.75. The van der Waals surface area contributed by atoms with E-state index < -0.39 is 53.4 Å². The van der Waals surface area contributed by atoms with Crippen molar-refractivity contribution < 1.29 is 28.7 Å². The van der Waals surface area contributed by atoms with E-state index in [4.69, 9.17) is 21.9 Å². The third kappa shape index (κ3) is 12.2. The zero-order valence-electron chi connectivity index (χ0n) is 29.6. The molecule has 13 heteroatoms. The molecule has 9 N–H and O–H groups in total. The average Bonchev–Trinajstić information content (AvgIpc) is 3.10. The van der Waals surface area contributed by atoms with Crippen molar-refractivity contribution in [3.8, 4) is 0 Å². The highest BCUT2D eigenvalue weighted by Crippen LogP contribution is 2.22. The molecule has 2 aromatic rings. The minimum Gasteiger partial charge on any atom is -0.468 e. The summed E-state index contributed by atoms with van der Waals surface area (Å²) < 4.78 is 4.85. The minimum absolute atomic E-state index is 0.0111. The van der Waals surface area contributed by atoms with Gasteiger partial charge in [-0.3, -0.25) is 24.0 Å². The van der Waals surface area contributed by atoms with Crippen molar-refractivity contribution in [1.29, 1.82) is 0 Å². The fourth-order valence-electron chi connectivity index (χ4n) is 6.05. The topological polar surface area (TPSA) is 212 Å². The van der Waals surface area contributed by atoms with Crippen LogP contribution in [0.1, 0.15) is 63.5 Å².